The smallest absolute Gasteiger partial charge is 0.227 e. The fourth-order valence-corrected chi connectivity index (χ4v) is 3.58. The minimum Gasteiger partial charge on any atom is -0.383 e. The molecule has 2 rings (SSSR count). The summed E-state index contributed by atoms with van der Waals surface area (Å²) in [6.45, 7) is 6.49. The summed E-state index contributed by atoms with van der Waals surface area (Å²) in [4.78, 5) is 11.6. The minimum atomic E-state index is 0.700. The first-order valence-corrected chi connectivity index (χ1v) is 10.1. The SMILES string of the molecule is CCCCCCCCCCc1c(C)nc(N2CCCCC2)nc1N. The number of unbranched alkanes of at least 4 members (excludes halogenated alkanes) is 7. The van der Waals surface area contributed by atoms with E-state index < -0.39 is 0 Å². The van der Waals surface area contributed by atoms with Gasteiger partial charge in [0, 0.05) is 24.3 Å². The third-order valence-corrected chi connectivity index (χ3v) is 5.15. The first-order valence-electron chi connectivity index (χ1n) is 10.1. The predicted octanol–water partition coefficient (Wildman–Crippen LogP) is 5.04. The van der Waals surface area contributed by atoms with E-state index in [0.29, 0.717) is 5.82 Å². The van der Waals surface area contributed by atoms with Gasteiger partial charge in [-0.1, -0.05) is 51.9 Å². The van der Waals surface area contributed by atoms with Crippen molar-refractivity contribution in [3.8, 4) is 0 Å². The highest BCUT2D eigenvalue weighted by Crippen LogP contribution is 2.22. The molecule has 1 aromatic rings. The van der Waals surface area contributed by atoms with Gasteiger partial charge in [0.05, 0.1) is 0 Å². The Morgan fingerprint density at radius 3 is 2.12 bits per heavy atom. The molecule has 0 radical (unpaired) electrons. The fraction of sp³-hybridized carbons (Fsp3) is 0.800. The van der Waals surface area contributed by atoms with E-state index in [1.807, 2.05) is 0 Å². The molecule has 0 amide bonds. The van der Waals surface area contributed by atoms with Gasteiger partial charge in [-0.15, -0.1) is 0 Å². The maximum absolute atomic E-state index is 6.25. The summed E-state index contributed by atoms with van der Waals surface area (Å²) in [6.07, 6.45) is 15.5. The van der Waals surface area contributed by atoms with E-state index >= 15 is 0 Å². The molecule has 4 nitrogen and oxygen atoms in total. The van der Waals surface area contributed by atoms with Gasteiger partial charge < -0.3 is 10.6 Å². The molecule has 0 spiro atoms. The summed E-state index contributed by atoms with van der Waals surface area (Å²) >= 11 is 0. The zero-order chi connectivity index (χ0) is 17.2. The molecule has 136 valence electrons. The summed E-state index contributed by atoms with van der Waals surface area (Å²) in [5.41, 5.74) is 8.49. The lowest BCUT2D eigenvalue weighted by molar-refractivity contribution is 0.566. The fourth-order valence-electron chi connectivity index (χ4n) is 3.58. The third kappa shape index (κ3) is 5.95. The molecule has 4 heteroatoms. The molecule has 0 saturated carbocycles. The van der Waals surface area contributed by atoms with Gasteiger partial charge in [0.2, 0.25) is 5.95 Å². The zero-order valence-electron chi connectivity index (χ0n) is 15.8. The Balaban J connectivity index is 1.76. The van der Waals surface area contributed by atoms with Crippen molar-refractivity contribution in [2.24, 2.45) is 0 Å². The minimum absolute atomic E-state index is 0.700. The van der Waals surface area contributed by atoms with Crippen LogP contribution in [0.4, 0.5) is 11.8 Å². The number of aryl methyl sites for hydroxylation is 1. The summed E-state index contributed by atoms with van der Waals surface area (Å²) < 4.78 is 0. The van der Waals surface area contributed by atoms with Crippen molar-refractivity contribution < 1.29 is 0 Å². The second-order valence-electron chi connectivity index (χ2n) is 7.25. The van der Waals surface area contributed by atoms with Crippen molar-refractivity contribution in [3.05, 3.63) is 11.3 Å². The number of nitrogens with two attached hydrogens (primary N) is 1. The Hall–Kier alpha value is -1.32. The van der Waals surface area contributed by atoms with Crippen LogP contribution in [0.25, 0.3) is 0 Å². The molecule has 1 fully saturated rings. The first kappa shape index (κ1) is 19.0. The van der Waals surface area contributed by atoms with E-state index in [9.17, 15) is 0 Å². The summed E-state index contributed by atoms with van der Waals surface area (Å²) in [5.74, 6) is 1.54. The van der Waals surface area contributed by atoms with Gasteiger partial charge in [0.15, 0.2) is 0 Å². The molecule has 24 heavy (non-hydrogen) atoms. The number of nitrogens with zero attached hydrogens (tertiary/aromatic N) is 3. The van der Waals surface area contributed by atoms with E-state index in [-0.39, 0.29) is 0 Å². The lowest BCUT2D eigenvalue weighted by Crippen LogP contribution is -2.31. The number of aromatic nitrogens is 2. The highest BCUT2D eigenvalue weighted by molar-refractivity contribution is 5.48. The van der Waals surface area contributed by atoms with Gasteiger partial charge in [-0.2, -0.15) is 4.98 Å². The van der Waals surface area contributed by atoms with Crippen molar-refractivity contribution in [2.75, 3.05) is 23.7 Å². The van der Waals surface area contributed by atoms with Crippen molar-refractivity contribution >= 4 is 11.8 Å². The van der Waals surface area contributed by atoms with Crippen LogP contribution in [-0.2, 0) is 6.42 Å². The molecular weight excluding hydrogens is 296 g/mol. The normalized spacial score (nSPS) is 15.0. The lowest BCUT2D eigenvalue weighted by atomic mass is 10.0. The Labute approximate surface area is 148 Å². The van der Waals surface area contributed by atoms with Gasteiger partial charge in [0.1, 0.15) is 5.82 Å². The molecule has 0 bridgehead atoms. The van der Waals surface area contributed by atoms with Gasteiger partial charge >= 0.3 is 0 Å². The molecule has 0 aliphatic carbocycles. The Bertz CT molecular complexity index is 458. The molecule has 0 unspecified atom stereocenters. The molecular formula is C20H36N4. The van der Waals surface area contributed by atoms with Crippen LogP contribution in [0, 0.1) is 6.92 Å². The maximum atomic E-state index is 6.25. The third-order valence-electron chi connectivity index (χ3n) is 5.15. The Morgan fingerprint density at radius 1 is 0.875 bits per heavy atom. The van der Waals surface area contributed by atoms with E-state index in [0.717, 1.165) is 31.2 Å². The summed E-state index contributed by atoms with van der Waals surface area (Å²) in [7, 11) is 0. The van der Waals surface area contributed by atoms with Crippen LogP contribution < -0.4 is 10.6 Å². The standard InChI is InChI=1S/C20H36N4/c1-3-4-5-6-7-8-9-11-14-18-17(2)22-20(23-19(18)21)24-15-12-10-13-16-24/h3-16H2,1-2H3,(H2,21,22,23). The number of nitrogen functional groups attached to an aromatic ring is 1. The molecule has 1 aromatic heterocycles. The van der Waals surface area contributed by atoms with Crippen molar-refractivity contribution in [1.29, 1.82) is 0 Å². The highest BCUT2D eigenvalue weighted by Gasteiger charge is 2.16. The van der Waals surface area contributed by atoms with Crippen LogP contribution in [0.3, 0.4) is 0 Å². The molecule has 1 aliphatic heterocycles. The number of rotatable bonds is 10. The van der Waals surface area contributed by atoms with Crippen molar-refractivity contribution in [3.63, 3.8) is 0 Å². The van der Waals surface area contributed by atoms with Crippen LogP contribution in [0.2, 0.25) is 0 Å². The Morgan fingerprint density at radius 2 is 1.50 bits per heavy atom. The molecule has 1 aliphatic rings. The highest BCUT2D eigenvalue weighted by atomic mass is 15.3. The zero-order valence-corrected chi connectivity index (χ0v) is 15.8. The van der Waals surface area contributed by atoms with E-state index in [2.05, 4.69) is 23.7 Å². The van der Waals surface area contributed by atoms with E-state index in [4.69, 9.17) is 10.7 Å². The van der Waals surface area contributed by atoms with E-state index in [1.54, 1.807) is 0 Å². The predicted molar refractivity (Wildman–Crippen MR) is 104 cm³/mol. The topological polar surface area (TPSA) is 55.0 Å². The molecule has 2 heterocycles. The lowest BCUT2D eigenvalue weighted by Gasteiger charge is -2.27. The second kappa shape index (κ2) is 10.5. The second-order valence-corrected chi connectivity index (χ2v) is 7.25. The van der Waals surface area contributed by atoms with Crippen molar-refractivity contribution in [2.45, 2.75) is 90.9 Å². The van der Waals surface area contributed by atoms with Gasteiger partial charge in [-0.3, -0.25) is 0 Å². The van der Waals surface area contributed by atoms with E-state index in [1.165, 1.54) is 76.2 Å². The first-order chi connectivity index (χ1) is 11.7. The van der Waals surface area contributed by atoms with Crippen LogP contribution in [0.1, 0.15) is 88.8 Å². The van der Waals surface area contributed by atoms with Crippen LogP contribution in [0.15, 0.2) is 0 Å². The number of hydrogen-bond donors (Lipinski definition) is 1. The number of piperidine rings is 1. The summed E-state index contributed by atoms with van der Waals surface area (Å²) in [6, 6.07) is 0. The molecule has 0 aromatic carbocycles. The van der Waals surface area contributed by atoms with Gasteiger partial charge in [-0.05, 0) is 39.0 Å². The van der Waals surface area contributed by atoms with Crippen LogP contribution in [-0.4, -0.2) is 23.1 Å². The van der Waals surface area contributed by atoms with Gasteiger partial charge in [-0.25, -0.2) is 4.98 Å². The maximum Gasteiger partial charge on any atom is 0.227 e. The number of hydrogen-bond acceptors (Lipinski definition) is 4. The van der Waals surface area contributed by atoms with Gasteiger partial charge in [0.25, 0.3) is 0 Å². The summed E-state index contributed by atoms with van der Waals surface area (Å²) in [5, 5.41) is 0. The average molecular weight is 333 g/mol. The molecule has 1 saturated heterocycles. The monoisotopic (exact) mass is 332 g/mol. The van der Waals surface area contributed by atoms with Crippen LogP contribution in [0.5, 0.6) is 0 Å². The van der Waals surface area contributed by atoms with Crippen molar-refractivity contribution in [1.82, 2.24) is 9.97 Å². The molecule has 2 N–H and O–H groups in total. The average Bonchev–Trinajstić information content (AvgIpc) is 2.60. The molecule has 0 atom stereocenters. The Kier molecular flexibility index (Phi) is 8.34. The quantitative estimate of drug-likeness (QED) is 0.610. The largest absolute Gasteiger partial charge is 0.383 e. The number of anilines is 2. The van der Waals surface area contributed by atoms with Crippen LogP contribution >= 0.6 is 0 Å².